The van der Waals surface area contributed by atoms with Crippen LogP contribution in [-0.4, -0.2) is 85.6 Å². The standard InChI is InChI=1S/C20H40N4O/c1-6-22-11-13-23(14-12-22)16-20(19(25)21-15-17(2)3)7-9-24(10-8-20)18(4)5/h17-18H,6-16H2,1-5H3,(H,21,25). The van der Waals surface area contributed by atoms with Gasteiger partial charge in [-0.25, -0.2) is 0 Å². The Balaban J connectivity index is 2.01. The van der Waals surface area contributed by atoms with E-state index < -0.39 is 0 Å². The highest BCUT2D eigenvalue weighted by Crippen LogP contribution is 2.34. The van der Waals surface area contributed by atoms with Crippen LogP contribution in [0.15, 0.2) is 0 Å². The number of nitrogens with one attached hydrogen (secondary N) is 1. The van der Waals surface area contributed by atoms with Crippen molar-refractivity contribution in [2.75, 3.05) is 58.9 Å². The van der Waals surface area contributed by atoms with Crippen molar-refractivity contribution >= 4 is 5.91 Å². The van der Waals surface area contributed by atoms with Gasteiger partial charge in [-0.1, -0.05) is 20.8 Å². The molecule has 25 heavy (non-hydrogen) atoms. The number of amides is 1. The van der Waals surface area contributed by atoms with E-state index in [-0.39, 0.29) is 5.41 Å². The molecule has 2 rings (SSSR count). The number of hydrogen-bond acceptors (Lipinski definition) is 4. The van der Waals surface area contributed by atoms with Gasteiger partial charge in [-0.2, -0.15) is 0 Å². The van der Waals surface area contributed by atoms with E-state index >= 15 is 0 Å². The SMILES string of the molecule is CCN1CCN(CC2(C(=O)NCC(C)C)CCN(C(C)C)CC2)CC1. The van der Waals surface area contributed by atoms with Gasteiger partial charge < -0.3 is 15.1 Å². The Bertz CT molecular complexity index is 408. The minimum absolute atomic E-state index is 0.200. The Labute approximate surface area is 155 Å². The van der Waals surface area contributed by atoms with Crippen molar-refractivity contribution in [1.29, 1.82) is 0 Å². The van der Waals surface area contributed by atoms with E-state index in [2.05, 4.69) is 54.6 Å². The van der Waals surface area contributed by atoms with Crippen molar-refractivity contribution in [2.24, 2.45) is 11.3 Å². The van der Waals surface area contributed by atoms with E-state index in [9.17, 15) is 4.79 Å². The fourth-order valence-electron chi connectivity index (χ4n) is 4.10. The molecule has 5 heteroatoms. The summed E-state index contributed by atoms with van der Waals surface area (Å²) in [6.07, 6.45) is 1.98. The van der Waals surface area contributed by atoms with Gasteiger partial charge in [0.15, 0.2) is 0 Å². The van der Waals surface area contributed by atoms with Crippen molar-refractivity contribution < 1.29 is 4.79 Å². The van der Waals surface area contributed by atoms with Crippen molar-refractivity contribution in [2.45, 2.75) is 53.5 Å². The number of likely N-dealkylation sites (N-methyl/N-ethyl adjacent to an activating group) is 1. The summed E-state index contributed by atoms with van der Waals surface area (Å²) in [5.41, 5.74) is -0.200. The summed E-state index contributed by atoms with van der Waals surface area (Å²) in [7, 11) is 0. The van der Waals surface area contributed by atoms with E-state index in [0.29, 0.717) is 17.9 Å². The van der Waals surface area contributed by atoms with Gasteiger partial charge in [0.2, 0.25) is 5.91 Å². The largest absolute Gasteiger partial charge is 0.355 e. The zero-order valence-electron chi connectivity index (χ0n) is 17.2. The molecule has 0 aromatic rings. The molecule has 0 radical (unpaired) electrons. The first-order valence-electron chi connectivity index (χ1n) is 10.3. The predicted molar refractivity (Wildman–Crippen MR) is 105 cm³/mol. The number of hydrogen-bond donors (Lipinski definition) is 1. The maximum atomic E-state index is 13.1. The van der Waals surface area contributed by atoms with Crippen LogP contribution in [0.5, 0.6) is 0 Å². The van der Waals surface area contributed by atoms with Gasteiger partial charge in [0, 0.05) is 45.3 Å². The normalized spacial score (nSPS) is 23.3. The molecule has 0 unspecified atom stereocenters. The highest BCUT2D eigenvalue weighted by Gasteiger charge is 2.43. The molecule has 0 aromatic carbocycles. The average Bonchev–Trinajstić information content (AvgIpc) is 2.60. The Morgan fingerprint density at radius 1 is 0.960 bits per heavy atom. The fourth-order valence-corrected chi connectivity index (χ4v) is 4.10. The maximum Gasteiger partial charge on any atom is 0.227 e. The second-order valence-corrected chi connectivity index (χ2v) is 8.72. The molecule has 1 N–H and O–H groups in total. The summed E-state index contributed by atoms with van der Waals surface area (Å²) in [6.45, 7) is 20.5. The predicted octanol–water partition coefficient (Wildman–Crippen LogP) is 1.89. The molecule has 2 heterocycles. The molecule has 0 saturated carbocycles. The second kappa shape index (κ2) is 9.33. The number of piperazine rings is 1. The molecule has 0 bridgehead atoms. The third kappa shape index (κ3) is 5.66. The van der Waals surface area contributed by atoms with Gasteiger partial charge in [-0.05, 0) is 52.2 Å². The molecular formula is C20H40N4O. The van der Waals surface area contributed by atoms with Crippen LogP contribution in [0.3, 0.4) is 0 Å². The molecular weight excluding hydrogens is 312 g/mol. The molecule has 5 nitrogen and oxygen atoms in total. The molecule has 0 aromatic heterocycles. The lowest BCUT2D eigenvalue weighted by atomic mass is 9.76. The molecule has 2 aliphatic rings. The third-order valence-corrected chi connectivity index (χ3v) is 6.08. The smallest absolute Gasteiger partial charge is 0.227 e. The van der Waals surface area contributed by atoms with Crippen LogP contribution in [0.2, 0.25) is 0 Å². The van der Waals surface area contributed by atoms with Crippen LogP contribution in [-0.2, 0) is 4.79 Å². The molecule has 0 spiro atoms. The van der Waals surface area contributed by atoms with E-state index in [4.69, 9.17) is 0 Å². The third-order valence-electron chi connectivity index (χ3n) is 6.08. The molecule has 2 saturated heterocycles. The first-order valence-corrected chi connectivity index (χ1v) is 10.3. The lowest BCUT2D eigenvalue weighted by Crippen LogP contribution is -2.57. The summed E-state index contributed by atoms with van der Waals surface area (Å²) in [4.78, 5) is 20.7. The van der Waals surface area contributed by atoms with Gasteiger partial charge >= 0.3 is 0 Å². The molecule has 2 fully saturated rings. The number of piperidine rings is 1. The fraction of sp³-hybridized carbons (Fsp3) is 0.950. The Morgan fingerprint density at radius 3 is 2.00 bits per heavy atom. The monoisotopic (exact) mass is 352 g/mol. The quantitative estimate of drug-likeness (QED) is 0.759. The summed E-state index contributed by atoms with van der Waals surface area (Å²) >= 11 is 0. The second-order valence-electron chi connectivity index (χ2n) is 8.72. The summed E-state index contributed by atoms with van der Waals surface area (Å²) in [5, 5.41) is 3.25. The first kappa shape index (κ1) is 20.7. The minimum atomic E-state index is -0.200. The van der Waals surface area contributed by atoms with E-state index in [1.165, 1.54) is 0 Å². The molecule has 1 amide bonds. The van der Waals surface area contributed by atoms with Gasteiger partial charge in [0.05, 0.1) is 5.41 Å². The van der Waals surface area contributed by atoms with E-state index in [0.717, 1.165) is 71.7 Å². The number of nitrogens with zero attached hydrogens (tertiary/aromatic N) is 3. The van der Waals surface area contributed by atoms with Crippen molar-refractivity contribution in [3.63, 3.8) is 0 Å². The number of likely N-dealkylation sites (tertiary alicyclic amines) is 1. The lowest BCUT2D eigenvalue weighted by Gasteiger charge is -2.46. The molecule has 0 aliphatic carbocycles. The summed E-state index contributed by atoms with van der Waals surface area (Å²) in [5.74, 6) is 0.798. The van der Waals surface area contributed by atoms with Crippen LogP contribution < -0.4 is 5.32 Å². The highest BCUT2D eigenvalue weighted by atomic mass is 16.2. The maximum absolute atomic E-state index is 13.1. The van der Waals surface area contributed by atoms with Crippen LogP contribution >= 0.6 is 0 Å². The number of rotatable bonds is 7. The van der Waals surface area contributed by atoms with Gasteiger partial charge in [0.1, 0.15) is 0 Å². The van der Waals surface area contributed by atoms with Crippen LogP contribution in [0, 0.1) is 11.3 Å². The summed E-state index contributed by atoms with van der Waals surface area (Å²) in [6, 6.07) is 0.574. The molecule has 2 aliphatic heterocycles. The van der Waals surface area contributed by atoms with Crippen molar-refractivity contribution in [3.05, 3.63) is 0 Å². The van der Waals surface area contributed by atoms with Gasteiger partial charge in [-0.3, -0.25) is 9.69 Å². The average molecular weight is 353 g/mol. The zero-order chi connectivity index (χ0) is 18.4. The minimum Gasteiger partial charge on any atom is -0.355 e. The van der Waals surface area contributed by atoms with E-state index in [1.807, 2.05) is 0 Å². The summed E-state index contributed by atoms with van der Waals surface area (Å²) < 4.78 is 0. The van der Waals surface area contributed by atoms with Crippen LogP contribution in [0.25, 0.3) is 0 Å². The van der Waals surface area contributed by atoms with Gasteiger partial charge in [0.25, 0.3) is 0 Å². The van der Waals surface area contributed by atoms with Crippen LogP contribution in [0.1, 0.15) is 47.5 Å². The highest BCUT2D eigenvalue weighted by molar-refractivity contribution is 5.83. The number of carbonyl (C=O) groups is 1. The Morgan fingerprint density at radius 2 is 1.52 bits per heavy atom. The first-order chi connectivity index (χ1) is 11.9. The zero-order valence-corrected chi connectivity index (χ0v) is 17.2. The number of carbonyl (C=O) groups excluding carboxylic acids is 1. The van der Waals surface area contributed by atoms with E-state index in [1.54, 1.807) is 0 Å². The molecule has 146 valence electrons. The van der Waals surface area contributed by atoms with Crippen molar-refractivity contribution in [3.8, 4) is 0 Å². The lowest BCUT2D eigenvalue weighted by molar-refractivity contribution is -0.136. The van der Waals surface area contributed by atoms with Crippen molar-refractivity contribution in [1.82, 2.24) is 20.0 Å². The topological polar surface area (TPSA) is 38.8 Å². The molecule has 0 atom stereocenters. The Kier molecular flexibility index (Phi) is 7.71. The van der Waals surface area contributed by atoms with Crippen LogP contribution in [0.4, 0.5) is 0 Å². The van der Waals surface area contributed by atoms with Gasteiger partial charge in [-0.15, -0.1) is 0 Å². The Hall–Kier alpha value is -0.650.